The zero-order valence-corrected chi connectivity index (χ0v) is 7.85. The van der Waals surface area contributed by atoms with Gasteiger partial charge >= 0.3 is 0 Å². The summed E-state index contributed by atoms with van der Waals surface area (Å²) < 4.78 is 0. The van der Waals surface area contributed by atoms with E-state index in [1.54, 1.807) is 18.7 Å². The van der Waals surface area contributed by atoms with E-state index in [2.05, 4.69) is 22.6 Å². The lowest BCUT2D eigenvalue weighted by molar-refractivity contribution is 1.31. The molecule has 2 nitrogen and oxygen atoms in total. The highest BCUT2D eigenvalue weighted by atomic mass is 79.9. The van der Waals surface area contributed by atoms with Crippen molar-refractivity contribution in [2.75, 3.05) is 5.75 Å². The Morgan fingerprint density at radius 1 is 1.67 bits per heavy atom. The van der Waals surface area contributed by atoms with Crippen molar-refractivity contribution >= 4 is 29.6 Å². The van der Waals surface area contributed by atoms with E-state index in [9.17, 15) is 0 Å². The molecule has 0 spiro atoms. The number of H-pyrrole nitrogens is 1. The Labute approximate surface area is 71.3 Å². The van der Waals surface area contributed by atoms with Gasteiger partial charge in [0, 0.05) is 12.4 Å². The Hall–Kier alpha value is 0.0400. The number of imidazole rings is 1. The maximum Gasteiger partial charge on any atom is 0.0919 e. The van der Waals surface area contributed by atoms with Gasteiger partial charge in [-0.3, -0.25) is 0 Å². The molecule has 1 aromatic rings. The monoisotopic (exact) mass is 210 g/mol. The fourth-order valence-electron chi connectivity index (χ4n) is 0.215. The quantitative estimate of drug-likeness (QED) is 0.630. The largest absolute Gasteiger partial charge is 0.351 e. The van der Waals surface area contributed by atoms with Crippen LogP contribution in [0.15, 0.2) is 18.7 Å². The fraction of sp³-hybridized carbons (Fsp3) is 0.400. The number of rotatable bonds is 0. The molecule has 0 fully saturated rings. The third-order valence-electron chi connectivity index (χ3n) is 0.406. The van der Waals surface area contributed by atoms with Crippen LogP contribution in [0, 0.1) is 0 Å². The van der Waals surface area contributed by atoms with E-state index >= 15 is 0 Å². The predicted molar refractivity (Wildman–Crippen MR) is 48.4 cm³/mol. The normalized spacial score (nSPS) is 6.44. The molecular formula is C5H11BrN2S. The van der Waals surface area contributed by atoms with E-state index in [-0.39, 0.29) is 17.0 Å². The highest BCUT2D eigenvalue weighted by Crippen LogP contribution is 1.62. The summed E-state index contributed by atoms with van der Waals surface area (Å²) in [7, 11) is 0. The number of halogens is 1. The van der Waals surface area contributed by atoms with Crippen molar-refractivity contribution in [2.24, 2.45) is 0 Å². The van der Waals surface area contributed by atoms with Gasteiger partial charge in [0.25, 0.3) is 0 Å². The van der Waals surface area contributed by atoms with Crippen LogP contribution in [-0.2, 0) is 0 Å². The van der Waals surface area contributed by atoms with Gasteiger partial charge in [-0.1, -0.05) is 6.92 Å². The number of aromatic amines is 1. The van der Waals surface area contributed by atoms with Crippen LogP contribution in [0.1, 0.15) is 6.92 Å². The summed E-state index contributed by atoms with van der Waals surface area (Å²) in [5.74, 6) is 0.944. The SMILES string of the molecule is Br.CCS.c1c[nH]cn1. The number of nitrogens with one attached hydrogen (secondary N) is 1. The van der Waals surface area contributed by atoms with Crippen LogP contribution >= 0.6 is 29.6 Å². The third-order valence-corrected chi connectivity index (χ3v) is 0.406. The molecule has 54 valence electrons. The maximum absolute atomic E-state index is 3.79. The van der Waals surface area contributed by atoms with Crippen molar-refractivity contribution in [3.63, 3.8) is 0 Å². The average molecular weight is 211 g/mol. The molecule has 0 amide bonds. The molecule has 0 aliphatic rings. The molecule has 0 atom stereocenters. The van der Waals surface area contributed by atoms with Crippen LogP contribution in [0.25, 0.3) is 0 Å². The van der Waals surface area contributed by atoms with Crippen molar-refractivity contribution in [3.05, 3.63) is 18.7 Å². The lowest BCUT2D eigenvalue weighted by Crippen LogP contribution is -1.44. The minimum Gasteiger partial charge on any atom is -0.351 e. The Balaban J connectivity index is 0. The summed E-state index contributed by atoms with van der Waals surface area (Å²) in [6.07, 6.45) is 5.08. The summed E-state index contributed by atoms with van der Waals surface area (Å²) in [4.78, 5) is 6.42. The zero-order chi connectivity index (χ0) is 6.24. The molecule has 1 heterocycles. The number of nitrogens with zero attached hydrogens (tertiary/aromatic N) is 1. The Morgan fingerprint density at radius 2 is 2.22 bits per heavy atom. The van der Waals surface area contributed by atoms with E-state index in [4.69, 9.17) is 0 Å². The van der Waals surface area contributed by atoms with Crippen LogP contribution < -0.4 is 0 Å². The average Bonchev–Trinajstić information content (AvgIpc) is 2.17. The highest BCUT2D eigenvalue weighted by molar-refractivity contribution is 8.93. The van der Waals surface area contributed by atoms with Crippen molar-refractivity contribution < 1.29 is 0 Å². The van der Waals surface area contributed by atoms with Gasteiger partial charge in [0.2, 0.25) is 0 Å². The lowest BCUT2D eigenvalue weighted by Gasteiger charge is -1.48. The molecule has 0 saturated carbocycles. The standard InChI is InChI=1S/C3H4N2.C2H6S.BrH/c1-2-5-3-4-1;1-2-3;/h1-3H,(H,4,5);3H,2H2,1H3;1H. The first-order valence-electron chi connectivity index (χ1n) is 2.45. The van der Waals surface area contributed by atoms with E-state index < -0.39 is 0 Å². The van der Waals surface area contributed by atoms with Crippen LogP contribution in [0.2, 0.25) is 0 Å². The van der Waals surface area contributed by atoms with Crippen molar-refractivity contribution in [1.82, 2.24) is 9.97 Å². The summed E-state index contributed by atoms with van der Waals surface area (Å²) in [5, 5.41) is 0. The Bertz CT molecular complexity index is 81.9. The van der Waals surface area contributed by atoms with Crippen LogP contribution in [0.4, 0.5) is 0 Å². The lowest BCUT2D eigenvalue weighted by atomic mass is 11.0. The smallest absolute Gasteiger partial charge is 0.0919 e. The number of aromatic nitrogens is 2. The number of hydrogen-bond acceptors (Lipinski definition) is 2. The molecule has 0 aromatic carbocycles. The molecule has 0 saturated heterocycles. The zero-order valence-electron chi connectivity index (χ0n) is 5.24. The van der Waals surface area contributed by atoms with E-state index in [1.165, 1.54) is 0 Å². The van der Waals surface area contributed by atoms with Crippen LogP contribution in [0.5, 0.6) is 0 Å². The molecule has 4 heteroatoms. The molecule has 0 radical (unpaired) electrons. The van der Waals surface area contributed by atoms with E-state index in [0.29, 0.717) is 0 Å². The maximum atomic E-state index is 3.79. The molecule has 1 aromatic heterocycles. The first-order valence-corrected chi connectivity index (χ1v) is 3.08. The van der Waals surface area contributed by atoms with Gasteiger partial charge < -0.3 is 4.98 Å². The van der Waals surface area contributed by atoms with Crippen molar-refractivity contribution in [1.29, 1.82) is 0 Å². The second-order valence-electron chi connectivity index (χ2n) is 1.08. The van der Waals surface area contributed by atoms with E-state index in [0.717, 1.165) is 5.75 Å². The van der Waals surface area contributed by atoms with Gasteiger partial charge in [-0.15, -0.1) is 17.0 Å². The van der Waals surface area contributed by atoms with Crippen molar-refractivity contribution in [3.8, 4) is 0 Å². The molecule has 0 aliphatic carbocycles. The minimum absolute atomic E-state index is 0. The van der Waals surface area contributed by atoms with Crippen LogP contribution in [0.3, 0.4) is 0 Å². The molecule has 0 aliphatic heterocycles. The second-order valence-corrected chi connectivity index (χ2v) is 1.71. The van der Waals surface area contributed by atoms with Crippen LogP contribution in [-0.4, -0.2) is 15.7 Å². The van der Waals surface area contributed by atoms with E-state index in [1.807, 2.05) is 6.92 Å². The first-order chi connectivity index (χ1) is 3.91. The first kappa shape index (κ1) is 11.8. The molecule has 9 heavy (non-hydrogen) atoms. The summed E-state index contributed by atoms with van der Waals surface area (Å²) >= 11 is 3.79. The minimum atomic E-state index is 0. The molecular weight excluding hydrogens is 200 g/mol. The van der Waals surface area contributed by atoms with Gasteiger partial charge in [-0.05, 0) is 5.75 Å². The summed E-state index contributed by atoms with van der Waals surface area (Å²) in [5.41, 5.74) is 0. The summed E-state index contributed by atoms with van der Waals surface area (Å²) in [6.45, 7) is 1.99. The third kappa shape index (κ3) is 11.5. The topological polar surface area (TPSA) is 28.7 Å². The molecule has 1 rings (SSSR count). The summed E-state index contributed by atoms with van der Waals surface area (Å²) in [6, 6.07) is 0. The highest BCUT2D eigenvalue weighted by Gasteiger charge is 1.56. The number of hydrogen-bond donors (Lipinski definition) is 2. The van der Waals surface area contributed by atoms with Gasteiger partial charge in [0.15, 0.2) is 0 Å². The van der Waals surface area contributed by atoms with Gasteiger partial charge in [-0.25, -0.2) is 4.98 Å². The molecule has 0 unspecified atom stereocenters. The Morgan fingerprint density at radius 3 is 2.33 bits per heavy atom. The Kier molecular flexibility index (Phi) is 14.3. The van der Waals surface area contributed by atoms with Gasteiger partial charge in [0.1, 0.15) is 0 Å². The second kappa shape index (κ2) is 10.9. The molecule has 0 bridgehead atoms. The number of thiol groups is 1. The van der Waals surface area contributed by atoms with Crippen molar-refractivity contribution in [2.45, 2.75) is 6.92 Å². The molecule has 1 N–H and O–H groups in total. The van der Waals surface area contributed by atoms with Gasteiger partial charge in [-0.2, -0.15) is 12.6 Å². The predicted octanol–water partition coefficient (Wildman–Crippen LogP) is 1.92. The fourth-order valence-corrected chi connectivity index (χ4v) is 0.215. The van der Waals surface area contributed by atoms with Gasteiger partial charge in [0.05, 0.1) is 6.33 Å².